The van der Waals surface area contributed by atoms with Crippen molar-refractivity contribution < 1.29 is 17.4 Å². The molecule has 0 saturated carbocycles. The van der Waals surface area contributed by atoms with E-state index >= 15 is 0 Å². The van der Waals surface area contributed by atoms with Crippen LogP contribution in [0.4, 0.5) is 5.69 Å². The van der Waals surface area contributed by atoms with Crippen LogP contribution in [0.15, 0.2) is 29.2 Å². The van der Waals surface area contributed by atoms with Gasteiger partial charge in [0.25, 0.3) is 0 Å². The van der Waals surface area contributed by atoms with Crippen molar-refractivity contribution in [3.05, 3.63) is 24.3 Å². The van der Waals surface area contributed by atoms with Crippen molar-refractivity contribution in [2.75, 3.05) is 30.5 Å². The average molecular weight is 358 g/mol. The minimum absolute atomic E-state index is 0.0665. The Labute approximate surface area is 140 Å². The van der Waals surface area contributed by atoms with Gasteiger partial charge in [-0.25, -0.2) is 8.42 Å². The Morgan fingerprint density at radius 3 is 2.39 bits per heavy atom. The Morgan fingerprint density at radius 1 is 1.30 bits per heavy atom. The molecule has 8 heteroatoms. The van der Waals surface area contributed by atoms with Gasteiger partial charge in [0.05, 0.1) is 4.90 Å². The summed E-state index contributed by atoms with van der Waals surface area (Å²) in [7, 11) is -3.22. The molecule has 0 bridgehead atoms. The molecule has 23 heavy (non-hydrogen) atoms. The van der Waals surface area contributed by atoms with Gasteiger partial charge >= 0.3 is 0 Å². The van der Waals surface area contributed by atoms with E-state index in [9.17, 15) is 17.4 Å². The van der Waals surface area contributed by atoms with Gasteiger partial charge in [-0.1, -0.05) is 0 Å². The topological polar surface area (TPSA) is 74.8 Å². The molecule has 0 radical (unpaired) electrons. The maximum absolute atomic E-state index is 12.6. The third kappa shape index (κ3) is 3.99. The number of benzene rings is 1. The van der Waals surface area contributed by atoms with Crippen LogP contribution >= 0.6 is 0 Å². The van der Waals surface area contributed by atoms with Crippen LogP contribution in [0.3, 0.4) is 0 Å². The molecule has 0 aliphatic carbocycles. The lowest BCUT2D eigenvalue weighted by molar-refractivity contribution is -0.117. The van der Waals surface area contributed by atoms with Gasteiger partial charge in [0.1, 0.15) is 0 Å². The van der Waals surface area contributed by atoms with Crippen molar-refractivity contribution >= 4 is 32.4 Å². The third-order valence-corrected chi connectivity index (χ3v) is 6.93. The minimum Gasteiger partial charge on any atom is -0.312 e. The summed E-state index contributed by atoms with van der Waals surface area (Å²) < 4.78 is 37.7. The maximum atomic E-state index is 12.6. The van der Waals surface area contributed by atoms with E-state index in [-0.39, 0.29) is 22.6 Å². The first-order valence-electron chi connectivity index (χ1n) is 7.42. The van der Waals surface area contributed by atoms with Crippen LogP contribution in [0.5, 0.6) is 0 Å². The smallest absolute Gasteiger partial charge is 0.243 e. The van der Waals surface area contributed by atoms with Gasteiger partial charge in [-0.2, -0.15) is 4.31 Å². The maximum Gasteiger partial charge on any atom is 0.243 e. The Kier molecular flexibility index (Phi) is 5.59. The number of rotatable bonds is 6. The molecule has 1 aliphatic rings. The van der Waals surface area contributed by atoms with Crippen molar-refractivity contribution in [3.8, 4) is 0 Å². The van der Waals surface area contributed by atoms with Crippen molar-refractivity contribution in [1.29, 1.82) is 0 Å². The summed E-state index contributed by atoms with van der Waals surface area (Å²) in [4.78, 5) is 13.6. The molecule has 128 valence electrons. The summed E-state index contributed by atoms with van der Waals surface area (Å²) in [5, 5.41) is 0. The first-order valence-corrected chi connectivity index (χ1v) is 10.6. The second-order valence-corrected chi connectivity index (χ2v) is 9.23. The molecular formula is C15H22N2O4S2. The lowest BCUT2D eigenvalue weighted by Crippen LogP contribution is -2.38. The summed E-state index contributed by atoms with van der Waals surface area (Å²) in [6.45, 7) is 2.40. The zero-order valence-electron chi connectivity index (χ0n) is 13.6. The Bertz CT molecular complexity index is 701. The molecule has 0 unspecified atom stereocenters. The SMILES string of the molecule is C[C@@H](C[S@](C)=O)N(C)S(=O)(=O)c1ccc(N2CCCC2=O)cc1. The number of sulfonamides is 1. The highest BCUT2D eigenvalue weighted by molar-refractivity contribution is 7.89. The fourth-order valence-electron chi connectivity index (χ4n) is 2.57. The standard InChI is InChI=1S/C15H22N2O4S2/c1-12(11-22(3)19)16(2)23(20,21)14-8-6-13(7-9-14)17-10-4-5-15(17)18/h6-9,12H,4-5,10-11H2,1-3H3/t12-,22-/m0/s1. The summed E-state index contributed by atoms with van der Waals surface area (Å²) >= 11 is 0. The summed E-state index contributed by atoms with van der Waals surface area (Å²) in [5.41, 5.74) is 0.719. The second-order valence-electron chi connectivity index (χ2n) is 5.75. The van der Waals surface area contributed by atoms with Crippen molar-refractivity contribution in [2.45, 2.75) is 30.7 Å². The molecule has 1 fully saturated rings. The number of anilines is 1. The fourth-order valence-corrected chi connectivity index (χ4v) is 4.93. The number of hydrogen-bond donors (Lipinski definition) is 0. The largest absolute Gasteiger partial charge is 0.312 e. The Morgan fingerprint density at radius 2 is 1.91 bits per heavy atom. The summed E-state index contributed by atoms with van der Waals surface area (Å²) in [6, 6.07) is 6.00. The van der Waals surface area contributed by atoms with Crippen LogP contribution in [0.2, 0.25) is 0 Å². The Balaban J connectivity index is 2.20. The van der Waals surface area contributed by atoms with E-state index in [2.05, 4.69) is 0 Å². The van der Waals surface area contributed by atoms with Crippen LogP contribution in [-0.4, -0.2) is 54.5 Å². The molecule has 1 amide bonds. The van der Waals surface area contributed by atoms with Gasteiger partial charge in [-0.05, 0) is 37.6 Å². The molecule has 6 nitrogen and oxygen atoms in total. The Hall–Kier alpha value is -1.25. The monoisotopic (exact) mass is 358 g/mol. The number of carbonyl (C=O) groups excluding carboxylic acids is 1. The molecule has 1 heterocycles. The molecule has 1 aromatic rings. The van der Waals surface area contributed by atoms with Gasteiger partial charge in [0.15, 0.2) is 0 Å². The van der Waals surface area contributed by atoms with Crippen LogP contribution in [0.25, 0.3) is 0 Å². The molecule has 1 saturated heterocycles. The highest BCUT2D eigenvalue weighted by Gasteiger charge is 2.27. The lowest BCUT2D eigenvalue weighted by Gasteiger charge is -2.24. The van der Waals surface area contributed by atoms with E-state index in [1.807, 2.05) is 0 Å². The molecule has 0 spiro atoms. The van der Waals surface area contributed by atoms with Crippen LogP contribution < -0.4 is 4.90 Å². The van der Waals surface area contributed by atoms with Crippen LogP contribution in [0, 0.1) is 0 Å². The molecule has 0 N–H and O–H groups in total. The zero-order valence-corrected chi connectivity index (χ0v) is 15.2. The second kappa shape index (κ2) is 7.11. The van der Waals surface area contributed by atoms with E-state index in [4.69, 9.17) is 0 Å². The summed E-state index contributed by atoms with van der Waals surface area (Å²) in [5.74, 6) is 0.354. The number of nitrogens with zero attached hydrogens (tertiary/aromatic N) is 2. The molecule has 1 aromatic carbocycles. The predicted molar refractivity (Wildman–Crippen MR) is 91.4 cm³/mol. The first kappa shape index (κ1) is 18.1. The summed E-state index contributed by atoms with van der Waals surface area (Å²) in [6.07, 6.45) is 2.92. The minimum atomic E-state index is -3.64. The van der Waals surface area contributed by atoms with Crippen molar-refractivity contribution in [3.63, 3.8) is 0 Å². The fraction of sp³-hybridized carbons (Fsp3) is 0.533. The van der Waals surface area contributed by atoms with Crippen molar-refractivity contribution in [1.82, 2.24) is 4.31 Å². The van der Waals surface area contributed by atoms with E-state index in [1.165, 1.54) is 23.5 Å². The van der Waals surface area contributed by atoms with E-state index < -0.39 is 20.8 Å². The van der Waals surface area contributed by atoms with E-state index in [0.717, 1.165) is 12.1 Å². The molecule has 1 aliphatic heterocycles. The van der Waals surface area contributed by atoms with Crippen molar-refractivity contribution in [2.24, 2.45) is 0 Å². The predicted octanol–water partition coefficient (Wildman–Crippen LogP) is 1.20. The molecule has 0 aromatic heterocycles. The zero-order chi connectivity index (χ0) is 17.2. The van der Waals surface area contributed by atoms with E-state index in [0.29, 0.717) is 13.0 Å². The third-order valence-electron chi connectivity index (χ3n) is 4.00. The average Bonchev–Trinajstić information content (AvgIpc) is 2.92. The first-order chi connectivity index (χ1) is 10.7. The van der Waals surface area contributed by atoms with E-state index in [1.54, 1.807) is 30.2 Å². The molecule has 2 rings (SSSR count). The number of amides is 1. The lowest BCUT2D eigenvalue weighted by atomic mass is 10.3. The molecule has 2 atom stereocenters. The van der Waals surface area contributed by atoms with Gasteiger partial charge in [0, 0.05) is 54.6 Å². The quantitative estimate of drug-likeness (QED) is 0.766. The van der Waals surface area contributed by atoms with Crippen LogP contribution in [-0.2, 0) is 25.6 Å². The van der Waals surface area contributed by atoms with Gasteiger partial charge < -0.3 is 4.90 Å². The highest BCUT2D eigenvalue weighted by Crippen LogP contribution is 2.24. The van der Waals surface area contributed by atoms with Gasteiger partial charge in [-0.3, -0.25) is 9.00 Å². The number of hydrogen-bond acceptors (Lipinski definition) is 4. The highest BCUT2D eigenvalue weighted by atomic mass is 32.2. The van der Waals surface area contributed by atoms with Gasteiger partial charge in [0.2, 0.25) is 15.9 Å². The van der Waals surface area contributed by atoms with Gasteiger partial charge in [-0.15, -0.1) is 0 Å². The normalized spacial score (nSPS) is 18.4. The molecular weight excluding hydrogens is 336 g/mol. The van der Waals surface area contributed by atoms with Crippen LogP contribution in [0.1, 0.15) is 19.8 Å². The number of carbonyl (C=O) groups is 1.